The largest absolute Gasteiger partial charge is 0.328 e. The molecule has 2 heterocycles. The second-order valence-corrected chi connectivity index (χ2v) is 8.07. The van der Waals surface area contributed by atoms with Gasteiger partial charge in [-0.2, -0.15) is 5.10 Å². The van der Waals surface area contributed by atoms with Gasteiger partial charge in [0.15, 0.2) is 5.69 Å². The smallest absolute Gasteiger partial charge is 0.278 e. The number of quaternary nitrogens is 1. The molecule has 1 aliphatic heterocycles. The van der Waals surface area contributed by atoms with E-state index in [4.69, 9.17) is 0 Å². The molecule has 0 radical (unpaired) electrons. The molecular formula is C24H26FN4O2+. The van der Waals surface area contributed by atoms with E-state index < -0.39 is 17.2 Å². The summed E-state index contributed by atoms with van der Waals surface area (Å²) >= 11 is 0. The third kappa shape index (κ3) is 4.56. The molecule has 0 saturated carbocycles. The highest BCUT2D eigenvalue weighted by Gasteiger charge is 2.27. The van der Waals surface area contributed by atoms with Gasteiger partial charge in [-0.05, 0) is 26.0 Å². The molecule has 31 heavy (non-hydrogen) atoms. The molecule has 1 fully saturated rings. The Morgan fingerprint density at radius 1 is 1.06 bits per heavy atom. The Bertz CT molecular complexity index is 1170. The predicted molar refractivity (Wildman–Crippen MR) is 116 cm³/mol. The van der Waals surface area contributed by atoms with E-state index in [0.29, 0.717) is 18.8 Å². The number of aromatic nitrogens is 2. The number of rotatable bonds is 4. The van der Waals surface area contributed by atoms with Crippen LogP contribution in [0.15, 0.2) is 59.4 Å². The minimum absolute atomic E-state index is 0.170. The summed E-state index contributed by atoms with van der Waals surface area (Å²) in [7, 11) is 0. The van der Waals surface area contributed by atoms with Gasteiger partial charge in [0, 0.05) is 17.3 Å². The Morgan fingerprint density at radius 3 is 2.52 bits per heavy atom. The maximum atomic E-state index is 14.3. The van der Waals surface area contributed by atoms with Gasteiger partial charge in [-0.25, -0.2) is 9.07 Å². The van der Waals surface area contributed by atoms with Crippen LogP contribution in [0.4, 0.5) is 4.39 Å². The number of hydrogen-bond acceptors (Lipinski definition) is 3. The second kappa shape index (κ2) is 8.81. The van der Waals surface area contributed by atoms with Gasteiger partial charge in [0.05, 0.1) is 26.2 Å². The van der Waals surface area contributed by atoms with Crippen LogP contribution in [0.25, 0.3) is 5.69 Å². The average Bonchev–Trinajstić information content (AvgIpc) is 2.75. The Hall–Kier alpha value is -3.32. The normalized spacial score (nSPS) is 14.6. The van der Waals surface area contributed by atoms with E-state index in [1.54, 1.807) is 30.0 Å². The quantitative estimate of drug-likeness (QED) is 0.695. The van der Waals surface area contributed by atoms with Crippen LogP contribution in [0.5, 0.6) is 0 Å². The lowest BCUT2D eigenvalue weighted by Crippen LogP contribution is -3.13. The van der Waals surface area contributed by atoms with Crippen molar-refractivity contribution in [3.8, 4) is 5.69 Å². The Labute approximate surface area is 180 Å². The first-order chi connectivity index (χ1) is 14.9. The Kier molecular flexibility index (Phi) is 5.95. The summed E-state index contributed by atoms with van der Waals surface area (Å²) < 4.78 is 15.6. The van der Waals surface area contributed by atoms with Gasteiger partial charge in [-0.3, -0.25) is 9.59 Å². The first-order valence-electron chi connectivity index (χ1n) is 10.5. The van der Waals surface area contributed by atoms with Crippen LogP contribution in [0.1, 0.15) is 27.3 Å². The molecule has 0 spiro atoms. The summed E-state index contributed by atoms with van der Waals surface area (Å²) in [4.78, 5) is 28.6. The number of halogens is 1. The van der Waals surface area contributed by atoms with E-state index in [1.165, 1.54) is 32.8 Å². The van der Waals surface area contributed by atoms with Gasteiger partial charge >= 0.3 is 0 Å². The lowest BCUT2D eigenvalue weighted by Gasteiger charge is -2.32. The molecule has 1 N–H and O–H groups in total. The van der Waals surface area contributed by atoms with Crippen LogP contribution in [-0.2, 0) is 6.54 Å². The van der Waals surface area contributed by atoms with Crippen molar-refractivity contribution in [2.75, 3.05) is 26.2 Å². The SMILES string of the molecule is Cc1cccc(C[NH+]2CCN(C(=O)c3nn(-c4ccccc4F)c(C)cc3=O)CC2)c1. The van der Waals surface area contributed by atoms with Crippen molar-refractivity contribution in [2.24, 2.45) is 0 Å². The number of benzene rings is 2. The summed E-state index contributed by atoms with van der Waals surface area (Å²) in [6, 6.07) is 16.0. The number of carbonyl (C=O) groups excluding carboxylic acids is 1. The van der Waals surface area contributed by atoms with Crippen molar-refractivity contribution in [1.82, 2.24) is 14.7 Å². The van der Waals surface area contributed by atoms with Gasteiger partial charge in [0.25, 0.3) is 5.91 Å². The fourth-order valence-corrected chi connectivity index (χ4v) is 4.03. The van der Waals surface area contributed by atoms with E-state index in [2.05, 4.69) is 36.3 Å². The third-order valence-corrected chi connectivity index (χ3v) is 5.69. The Balaban J connectivity index is 1.50. The van der Waals surface area contributed by atoms with E-state index in [-0.39, 0.29) is 11.4 Å². The van der Waals surface area contributed by atoms with Crippen molar-refractivity contribution < 1.29 is 14.1 Å². The average molecular weight is 421 g/mol. The van der Waals surface area contributed by atoms with E-state index in [0.717, 1.165) is 19.6 Å². The third-order valence-electron chi connectivity index (χ3n) is 5.69. The number of hydrogen-bond donors (Lipinski definition) is 1. The highest BCUT2D eigenvalue weighted by Crippen LogP contribution is 2.13. The molecule has 0 aliphatic carbocycles. The Morgan fingerprint density at radius 2 is 1.81 bits per heavy atom. The molecule has 2 aromatic carbocycles. The minimum Gasteiger partial charge on any atom is -0.328 e. The summed E-state index contributed by atoms with van der Waals surface area (Å²) in [5.41, 5.74) is 2.59. The van der Waals surface area contributed by atoms with Crippen molar-refractivity contribution in [3.63, 3.8) is 0 Å². The molecule has 1 aromatic heterocycles. The standard InChI is InChI=1S/C24H25FN4O2/c1-17-6-5-7-19(14-17)16-27-10-12-28(13-11-27)24(31)23-22(30)15-18(2)29(26-23)21-9-4-3-8-20(21)25/h3-9,14-15H,10-13,16H2,1-2H3/p+1. The van der Waals surface area contributed by atoms with Gasteiger partial charge in [-0.15, -0.1) is 0 Å². The van der Waals surface area contributed by atoms with Gasteiger partial charge in [0.1, 0.15) is 18.0 Å². The van der Waals surface area contributed by atoms with E-state index in [9.17, 15) is 14.0 Å². The van der Waals surface area contributed by atoms with Gasteiger partial charge < -0.3 is 9.80 Å². The molecule has 1 saturated heterocycles. The number of amides is 1. The number of para-hydroxylation sites is 1. The van der Waals surface area contributed by atoms with Crippen molar-refractivity contribution in [3.05, 3.63) is 93.2 Å². The second-order valence-electron chi connectivity index (χ2n) is 8.07. The first-order valence-corrected chi connectivity index (χ1v) is 10.5. The van der Waals surface area contributed by atoms with Crippen molar-refractivity contribution >= 4 is 5.91 Å². The van der Waals surface area contributed by atoms with Crippen LogP contribution in [0.2, 0.25) is 0 Å². The molecule has 0 atom stereocenters. The predicted octanol–water partition coefficient (Wildman–Crippen LogP) is 1.53. The van der Waals surface area contributed by atoms with Crippen LogP contribution in [-0.4, -0.2) is 46.8 Å². The van der Waals surface area contributed by atoms with Crippen molar-refractivity contribution in [1.29, 1.82) is 0 Å². The fourth-order valence-electron chi connectivity index (χ4n) is 4.03. The molecule has 0 bridgehead atoms. The van der Waals surface area contributed by atoms with Gasteiger partial charge in [0.2, 0.25) is 5.43 Å². The maximum Gasteiger partial charge on any atom is 0.278 e. The highest BCUT2D eigenvalue weighted by atomic mass is 19.1. The van der Waals surface area contributed by atoms with E-state index >= 15 is 0 Å². The number of piperazine rings is 1. The number of nitrogens with zero attached hydrogens (tertiary/aromatic N) is 3. The molecule has 3 aromatic rings. The zero-order chi connectivity index (χ0) is 22.0. The summed E-state index contributed by atoms with van der Waals surface area (Å²) in [6.07, 6.45) is 0. The molecule has 7 heteroatoms. The van der Waals surface area contributed by atoms with Crippen LogP contribution >= 0.6 is 0 Å². The van der Waals surface area contributed by atoms with Crippen LogP contribution in [0, 0.1) is 19.7 Å². The topological polar surface area (TPSA) is 59.6 Å². The zero-order valence-corrected chi connectivity index (χ0v) is 17.8. The molecule has 160 valence electrons. The zero-order valence-electron chi connectivity index (χ0n) is 17.8. The minimum atomic E-state index is -0.464. The molecule has 1 amide bonds. The monoisotopic (exact) mass is 421 g/mol. The van der Waals surface area contributed by atoms with Gasteiger partial charge in [-0.1, -0.05) is 42.0 Å². The number of carbonyl (C=O) groups is 1. The first kappa shape index (κ1) is 20.9. The maximum absolute atomic E-state index is 14.3. The molecule has 1 aliphatic rings. The summed E-state index contributed by atoms with van der Waals surface area (Å²) in [5, 5.41) is 4.24. The summed E-state index contributed by atoms with van der Waals surface area (Å²) in [5.74, 6) is -0.863. The highest BCUT2D eigenvalue weighted by molar-refractivity contribution is 5.92. The number of aryl methyl sites for hydroxylation is 2. The van der Waals surface area contributed by atoms with E-state index in [1.807, 2.05) is 0 Å². The summed E-state index contributed by atoms with van der Waals surface area (Å²) in [6.45, 7) is 7.36. The van der Waals surface area contributed by atoms with Crippen molar-refractivity contribution in [2.45, 2.75) is 20.4 Å². The lowest BCUT2D eigenvalue weighted by atomic mass is 10.1. The molecule has 0 unspecified atom stereocenters. The molecule has 4 rings (SSSR count). The number of nitrogens with one attached hydrogen (secondary N) is 1. The molecule has 6 nitrogen and oxygen atoms in total. The molecular weight excluding hydrogens is 395 g/mol. The van der Waals surface area contributed by atoms with Crippen LogP contribution < -0.4 is 10.3 Å². The lowest BCUT2D eigenvalue weighted by molar-refractivity contribution is -0.917. The fraction of sp³-hybridized carbons (Fsp3) is 0.292. The van der Waals surface area contributed by atoms with Crippen LogP contribution in [0.3, 0.4) is 0 Å².